The molecule has 0 radical (unpaired) electrons. The summed E-state index contributed by atoms with van der Waals surface area (Å²) in [6, 6.07) is 12.3. The van der Waals surface area contributed by atoms with Gasteiger partial charge in [0.1, 0.15) is 16.4 Å². The lowest BCUT2D eigenvalue weighted by atomic mass is 10.2. The van der Waals surface area contributed by atoms with E-state index in [1.54, 1.807) is 19.1 Å². The Balaban J connectivity index is 1.71. The fraction of sp³-hybridized carbons (Fsp3) is 0.280. The Hall–Kier alpha value is -3.80. The SMILES string of the molecule is CCOC(=O)CCC(=O)N(Cc1ccc(OS(=O)(=O)c2cccc(C(F)(F)F)c2)cc1)Cc1ccco1. The summed E-state index contributed by atoms with van der Waals surface area (Å²) >= 11 is 0. The fourth-order valence-electron chi connectivity index (χ4n) is 3.30. The minimum Gasteiger partial charge on any atom is -0.467 e. The van der Waals surface area contributed by atoms with E-state index in [-0.39, 0.29) is 44.2 Å². The minimum atomic E-state index is -4.71. The van der Waals surface area contributed by atoms with Crippen LogP contribution in [0.15, 0.2) is 76.2 Å². The van der Waals surface area contributed by atoms with Gasteiger partial charge in [-0.1, -0.05) is 18.2 Å². The summed E-state index contributed by atoms with van der Waals surface area (Å²) in [5, 5.41) is 0. The molecule has 0 atom stereocenters. The van der Waals surface area contributed by atoms with Crippen LogP contribution < -0.4 is 4.18 Å². The molecule has 8 nitrogen and oxygen atoms in total. The van der Waals surface area contributed by atoms with Crippen LogP contribution in [0.1, 0.15) is 36.7 Å². The number of furan rings is 1. The quantitative estimate of drug-likeness (QED) is 0.251. The molecule has 0 aliphatic rings. The Morgan fingerprint density at radius 2 is 1.70 bits per heavy atom. The van der Waals surface area contributed by atoms with E-state index in [9.17, 15) is 31.2 Å². The number of hydrogen-bond donors (Lipinski definition) is 0. The maximum atomic E-state index is 12.9. The monoisotopic (exact) mass is 539 g/mol. The lowest BCUT2D eigenvalue weighted by Crippen LogP contribution is -2.30. The largest absolute Gasteiger partial charge is 0.467 e. The van der Waals surface area contributed by atoms with Gasteiger partial charge in [-0.2, -0.15) is 21.6 Å². The number of alkyl halides is 3. The highest BCUT2D eigenvalue weighted by molar-refractivity contribution is 7.87. The number of benzene rings is 2. The summed E-state index contributed by atoms with van der Waals surface area (Å²) in [6.45, 7) is 2.13. The lowest BCUT2D eigenvalue weighted by Gasteiger charge is -2.22. The van der Waals surface area contributed by atoms with Crippen molar-refractivity contribution >= 4 is 22.0 Å². The van der Waals surface area contributed by atoms with Crippen molar-refractivity contribution in [2.24, 2.45) is 0 Å². The van der Waals surface area contributed by atoms with Crippen molar-refractivity contribution in [3.05, 3.63) is 83.8 Å². The van der Waals surface area contributed by atoms with Gasteiger partial charge in [0.05, 0.1) is 31.4 Å². The summed E-state index contributed by atoms with van der Waals surface area (Å²) in [5.74, 6) is -0.404. The number of halogens is 3. The molecule has 0 aliphatic carbocycles. The molecule has 1 amide bonds. The van der Waals surface area contributed by atoms with Crippen LogP contribution in [-0.2, 0) is 43.7 Å². The van der Waals surface area contributed by atoms with Gasteiger partial charge in [0.15, 0.2) is 0 Å². The summed E-state index contributed by atoms with van der Waals surface area (Å²) < 4.78 is 79.0. The van der Waals surface area contributed by atoms with Gasteiger partial charge in [0.25, 0.3) is 0 Å². The average Bonchev–Trinajstić information content (AvgIpc) is 3.36. The van der Waals surface area contributed by atoms with Crippen molar-refractivity contribution in [3.63, 3.8) is 0 Å². The Kier molecular flexibility index (Phi) is 8.98. The Morgan fingerprint density at radius 3 is 2.32 bits per heavy atom. The third-order valence-electron chi connectivity index (χ3n) is 5.08. The molecule has 1 heterocycles. The Morgan fingerprint density at radius 1 is 0.973 bits per heavy atom. The molecular formula is C25H24F3NO7S. The Bertz CT molecular complexity index is 1300. The highest BCUT2D eigenvalue weighted by Crippen LogP contribution is 2.31. The van der Waals surface area contributed by atoms with Crippen molar-refractivity contribution in [1.82, 2.24) is 4.90 Å². The first kappa shape index (κ1) is 27.8. The number of nitrogens with zero attached hydrogens (tertiary/aromatic N) is 1. The molecule has 3 rings (SSSR count). The zero-order valence-electron chi connectivity index (χ0n) is 19.7. The van der Waals surface area contributed by atoms with Crippen LogP contribution in [0.3, 0.4) is 0 Å². The van der Waals surface area contributed by atoms with E-state index in [4.69, 9.17) is 13.3 Å². The minimum absolute atomic E-state index is 0.0734. The normalized spacial score (nSPS) is 11.7. The van der Waals surface area contributed by atoms with Crippen molar-refractivity contribution in [2.45, 2.75) is 43.9 Å². The van der Waals surface area contributed by atoms with E-state index in [1.807, 2.05) is 0 Å². The first-order valence-electron chi connectivity index (χ1n) is 11.1. The lowest BCUT2D eigenvalue weighted by molar-refractivity contribution is -0.146. The number of ether oxygens (including phenoxy) is 1. The van der Waals surface area contributed by atoms with Crippen LogP contribution in [0, 0.1) is 0 Å². The number of rotatable bonds is 11. The molecular weight excluding hydrogens is 515 g/mol. The third-order valence-corrected chi connectivity index (χ3v) is 6.32. The zero-order valence-corrected chi connectivity index (χ0v) is 20.5. The second-order valence-electron chi connectivity index (χ2n) is 7.84. The van der Waals surface area contributed by atoms with Crippen LogP contribution in [-0.4, -0.2) is 31.8 Å². The van der Waals surface area contributed by atoms with E-state index in [0.29, 0.717) is 17.4 Å². The van der Waals surface area contributed by atoms with Crippen molar-refractivity contribution in [2.75, 3.05) is 6.61 Å². The van der Waals surface area contributed by atoms with E-state index < -0.39 is 32.7 Å². The first-order chi connectivity index (χ1) is 17.5. The van der Waals surface area contributed by atoms with Gasteiger partial charge < -0.3 is 18.2 Å². The smallest absolute Gasteiger partial charge is 0.416 e. The summed E-state index contributed by atoms with van der Waals surface area (Å²) in [4.78, 5) is 25.3. The molecule has 0 N–H and O–H groups in total. The van der Waals surface area contributed by atoms with E-state index in [0.717, 1.165) is 18.2 Å². The summed E-state index contributed by atoms with van der Waals surface area (Å²) in [6.07, 6.45) is -3.40. The molecule has 0 bridgehead atoms. The molecule has 0 unspecified atom stereocenters. The third kappa shape index (κ3) is 8.10. The number of carbonyl (C=O) groups excluding carboxylic acids is 2. The number of hydrogen-bond acceptors (Lipinski definition) is 7. The molecule has 0 aliphatic heterocycles. The topological polar surface area (TPSA) is 103 Å². The Labute approximate surface area is 211 Å². The van der Waals surface area contributed by atoms with E-state index in [2.05, 4.69) is 0 Å². The number of esters is 1. The van der Waals surface area contributed by atoms with Gasteiger partial charge in [0.2, 0.25) is 5.91 Å². The predicted octanol–water partition coefficient (Wildman–Crippen LogP) is 4.94. The van der Waals surface area contributed by atoms with Crippen LogP contribution in [0.25, 0.3) is 0 Å². The van der Waals surface area contributed by atoms with Crippen molar-refractivity contribution < 1.29 is 44.5 Å². The van der Waals surface area contributed by atoms with E-state index in [1.165, 1.54) is 35.4 Å². The number of amides is 1. The molecule has 0 spiro atoms. The first-order valence-corrected chi connectivity index (χ1v) is 12.5. The average molecular weight is 540 g/mol. The van der Waals surface area contributed by atoms with Crippen LogP contribution in [0.4, 0.5) is 13.2 Å². The van der Waals surface area contributed by atoms with Crippen LogP contribution >= 0.6 is 0 Å². The van der Waals surface area contributed by atoms with Gasteiger partial charge in [-0.05, 0) is 55.0 Å². The maximum absolute atomic E-state index is 12.9. The predicted molar refractivity (Wildman–Crippen MR) is 125 cm³/mol. The van der Waals surface area contributed by atoms with Gasteiger partial charge in [-0.25, -0.2) is 0 Å². The molecule has 198 valence electrons. The molecule has 3 aromatic rings. The zero-order chi connectivity index (χ0) is 27.1. The van der Waals surface area contributed by atoms with Crippen LogP contribution in [0.5, 0.6) is 5.75 Å². The summed E-state index contributed by atoms with van der Waals surface area (Å²) in [5.41, 5.74) is -0.503. The summed E-state index contributed by atoms with van der Waals surface area (Å²) in [7, 11) is -4.52. The van der Waals surface area contributed by atoms with Crippen LogP contribution in [0.2, 0.25) is 0 Å². The highest BCUT2D eigenvalue weighted by Gasteiger charge is 2.32. The second kappa shape index (κ2) is 12.0. The van der Waals surface area contributed by atoms with Gasteiger partial charge in [0, 0.05) is 13.0 Å². The molecule has 2 aromatic carbocycles. The van der Waals surface area contributed by atoms with Gasteiger partial charge in [-0.15, -0.1) is 0 Å². The molecule has 1 aromatic heterocycles. The number of carbonyl (C=O) groups is 2. The molecule has 0 saturated carbocycles. The van der Waals surface area contributed by atoms with Gasteiger partial charge >= 0.3 is 22.3 Å². The fourth-order valence-corrected chi connectivity index (χ4v) is 4.27. The molecule has 0 saturated heterocycles. The standard InChI is InChI=1S/C25H24F3NO7S/c1-2-34-24(31)13-12-23(30)29(17-21-6-4-14-35-21)16-18-8-10-20(11-9-18)36-37(32,33)22-7-3-5-19(15-22)25(26,27)28/h3-11,14-15H,2,12-13,16-17H2,1H3. The van der Waals surface area contributed by atoms with E-state index >= 15 is 0 Å². The second-order valence-corrected chi connectivity index (χ2v) is 9.39. The van der Waals surface area contributed by atoms with Crippen molar-refractivity contribution in [1.29, 1.82) is 0 Å². The maximum Gasteiger partial charge on any atom is 0.416 e. The van der Waals surface area contributed by atoms with Crippen molar-refractivity contribution in [3.8, 4) is 5.75 Å². The molecule has 37 heavy (non-hydrogen) atoms. The molecule has 0 fully saturated rings. The highest BCUT2D eigenvalue weighted by atomic mass is 32.2. The van der Waals surface area contributed by atoms with Gasteiger partial charge in [-0.3, -0.25) is 9.59 Å². The molecule has 12 heteroatoms.